The van der Waals surface area contributed by atoms with Crippen LogP contribution in [-0.4, -0.2) is 11.5 Å². The maximum atomic E-state index is 6.41. The highest BCUT2D eigenvalue weighted by molar-refractivity contribution is 6.42. The summed E-state index contributed by atoms with van der Waals surface area (Å²) in [4.78, 5) is 4.44. The molecule has 112 valence electrons. The van der Waals surface area contributed by atoms with Crippen molar-refractivity contribution in [3.63, 3.8) is 0 Å². The van der Waals surface area contributed by atoms with Gasteiger partial charge in [0.1, 0.15) is 0 Å². The zero-order valence-electron chi connectivity index (χ0n) is 12.6. The highest BCUT2D eigenvalue weighted by atomic mass is 35.5. The van der Waals surface area contributed by atoms with Gasteiger partial charge in [0.25, 0.3) is 0 Å². The molecule has 0 saturated carbocycles. The molecule has 0 spiro atoms. The molecule has 4 heteroatoms. The Labute approximate surface area is 136 Å². The molecule has 1 atom stereocenters. The normalized spacial score (nSPS) is 12.4. The van der Waals surface area contributed by atoms with Gasteiger partial charge in [0.05, 0.1) is 16.1 Å². The summed E-state index contributed by atoms with van der Waals surface area (Å²) in [6.45, 7) is 7.07. The van der Waals surface area contributed by atoms with Crippen LogP contribution in [0.1, 0.15) is 41.9 Å². The Bertz CT molecular complexity index is 606. The third kappa shape index (κ3) is 3.97. The smallest absolute Gasteiger partial charge is 0.0643 e. The molecule has 0 bridgehead atoms. The lowest BCUT2D eigenvalue weighted by molar-refractivity contribution is 0.597. The van der Waals surface area contributed by atoms with Crippen molar-refractivity contribution in [2.24, 2.45) is 0 Å². The van der Waals surface area contributed by atoms with Gasteiger partial charge in [-0.3, -0.25) is 4.98 Å². The quantitative estimate of drug-likeness (QED) is 0.828. The Kier molecular flexibility index (Phi) is 5.63. The fraction of sp³-hybridized carbons (Fsp3) is 0.353. The summed E-state index contributed by atoms with van der Waals surface area (Å²) in [5, 5.41) is 4.75. The molecule has 2 nitrogen and oxygen atoms in total. The van der Waals surface area contributed by atoms with Crippen molar-refractivity contribution < 1.29 is 0 Å². The van der Waals surface area contributed by atoms with E-state index in [1.807, 2.05) is 32.0 Å². The van der Waals surface area contributed by atoms with Crippen molar-refractivity contribution in [3.05, 3.63) is 62.9 Å². The molecular formula is C17H20Cl2N2. The van der Waals surface area contributed by atoms with Crippen LogP contribution in [0.5, 0.6) is 0 Å². The van der Waals surface area contributed by atoms with Crippen LogP contribution in [0.2, 0.25) is 10.0 Å². The average Bonchev–Trinajstić information content (AvgIpc) is 2.42. The number of pyridine rings is 1. The molecular weight excluding hydrogens is 303 g/mol. The van der Waals surface area contributed by atoms with Crippen LogP contribution < -0.4 is 5.32 Å². The Morgan fingerprint density at radius 1 is 1.14 bits per heavy atom. The summed E-state index contributed by atoms with van der Waals surface area (Å²) < 4.78 is 0. The van der Waals surface area contributed by atoms with Crippen LogP contribution in [0.3, 0.4) is 0 Å². The third-order valence-corrected chi connectivity index (χ3v) is 4.16. The molecule has 0 aliphatic rings. The van der Waals surface area contributed by atoms with Crippen LogP contribution in [0.15, 0.2) is 30.3 Å². The SMILES string of the molecule is CCCNC(c1cc(C)nc(C)c1)c1cccc(Cl)c1Cl. The van der Waals surface area contributed by atoms with Gasteiger partial charge in [-0.25, -0.2) is 0 Å². The number of aryl methyl sites for hydroxylation is 2. The lowest BCUT2D eigenvalue weighted by atomic mass is 9.98. The first-order valence-electron chi connectivity index (χ1n) is 7.15. The Morgan fingerprint density at radius 3 is 2.43 bits per heavy atom. The molecule has 21 heavy (non-hydrogen) atoms. The molecule has 1 aromatic carbocycles. The molecule has 0 saturated heterocycles. The first kappa shape index (κ1) is 16.3. The van der Waals surface area contributed by atoms with Gasteiger partial charge in [0.2, 0.25) is 0 Å². The van der Waals surface area contributed by atoms with E-state index in [9.17, 15) is 0 Å². The topological polar surface area (TPSA) is 24.9 Å². The molecule has 2 rings (SSSR count). The van der Waals surface area contributed by atoms with Crippen molar-refractivity contribution >= 4 is 23.2 Å². The van der Waals surface area contributed by atoms with E-state index in [1.165, 1.54) is 0 Å². The highest BCUT2D eigenvalue weighted by Gasteiger charge is 2.18. The largest absolute Gasteiger partial charge is 0.306 e. The number of hydrogen-bond donors (Lipinski definition) is 1. The van der Waals surface area contributed by atoms with Crippen molar-refractivity contribution in [3.8, 4) is 0 Å². The highest BCUT2D eigenvalue weighted by Crippen LogP contribution is 2.33. The van der Waals surface area contributed by atoms with Gasteiger partial charge in [-0.05, 0) is 56.1 Å². The van der Waals surface area contributed by atoms with Crippen molar-refractivity contribution in [1.29, 1.82) is 0 Å². The third-order valence-electron chi connectivity index (χ3n) is 3.33. The molecule has 0 amide bonds. The van der Waals surface area contributed by atoms with E-state index < -0.39 is 0 Å². The van der Waals surface area contributed by atoms with Crippen LogP contribution >= 0.6 is 23.2 Å². The van der Waals surface area contributed by atoms with Crippen LogP contribution in [0.4, 0.5) is 0 Å². The van der Waals surface area contributed by atoms with Gasteiger partial charge < -0.3 is 5.32 Å². The zero-order valence-corrected chi connectivity index (χ0v) is 14.1. The predicted molar refractivity (Wildman–Crippen MR) is 90.3 cm³/mol. The van der Waals surface area contributed by atoms with Gasteiger partial charge in [-0.1, -0.05) is 42.3 Å². The molecule has 1 unspecified atom stereocenters. The van der Waals surface area contributed by atoms with Crippen LogP contribution in [-0.2, 0) is 0 Å². The van der Waals surface area contributed by atoms with Gasteiger partial charge in [0, 0.05) is 11.4 Å². The Morgan fingerprint density at radius 2 is 1.81 bits per heavy atom. The zero-order chi connectivity index (χ0) is 15.4. The minimum Gasteiger partial charge on any atom is -0.306 e. The van der Waals surface area contributed by atoms with E-state index in [4.69, 9.17) is 23.2 Å². The molecule has 0 aliphatic carbocycles. The second-order valence-corrected chi connectivity index (χ2v) is 6.00. The van der Waals surface area contributed by atoms with E-state index in [0.717, 1.165) is 35.5 Å². The number of halogens is 2. The summed E-state index contributed by atoms with van der Waals surface area (Å²) in [5.74, 6) is 0. The summed E-state index contributed by atoms with van der Waals surface area (Å²) in [7, 11) is 0. The number of rotatable bonds is 5. The first-order valence-corrected chi connectivity index (χ1v) is 7.91. The Hall–Kier alpha value is -1.09. The summed E-state index contributed by atoms with van der Waals surface area (Å²) >= 11 is 12.6. The number of hydrogen-bond acceptors (Lipinski definition) is 2. The van der Waals surface area contributed by atoms with Crippen molar-refractivity contribution in [2.75, 3.05) is 6.54 Å². The monoisotopic (exact) mass is 322 g/mol. The molecule has 0 fully saturated rings. The molecule has 1 heterocycles. The number of nitrogens with one attached hydrogen (secondary N) is 1. The van der Waals surface area contributed by atoms with Crippen molar-refractivity contribution in [2.45, 2.75) is 33.2 Å². The van der Waals surface area contributed by atoms with Crippen molar-refractivity contribution in [1.82, 2.24) is 10.3 Å². The maximum absolute atomic E-state index is 6.41. The van der Waals surface area contributed by atoms with Gasteiger partial charge >= 0.3 is 0 Å². The molecule has 2 aromatic rings. The van der Waals surface area contributed by atoms with Crippen LogP contribution in [0, 0.1) is 13.8 Å². The van der Waals surface area contributed by atoms with E-state index >= 15 is 0 Å². The number of aromatic nitrogens is 1. The molecule has 1 N–H and O–H groups in total. The van der Waals surface area contributed by atoms with Gasteiger partial charge in [0.15, 0.2) is 0 Å². The fourth-order valence-corrected chi connectivity index (χ4v) is 2.89. The maximum Gasteiger partial charge on any atom is 0.0643 e. The van der Waals surface area contributed by atoms with E-state index in [0.29, 0.717) is 10.0 Å². The first-order chi connectivity index (χ1) is 10.0. The predicted octanol–water partition coefficient (Wildman–Crippen LogP) is 5.09. The average molecular weight is 323 g/mol. The number of benzene rings is 1. The van der Waals surface area contributed by atoms with E-state index in [1.54, 1.807) is 0 Å². The lowest BCUT2D eigenvalue weighted by Crippen LogP contribution is -2.24. The lowest BCUT2D eigenvalue weighted by Gasteiger charge is -2.22. The second-order valence-electron chi connectivity index (χ2n) is 5.21. The Balaban J connectivity index is 2.49. The van der Waals surface area contributed by atoms with Gasteiger partial charge in [-0.15, -0.1) is 0 Å². The summed E-state index contributed by atoms with van der Waals surface area (Å²) in [5.41, 5.74) is 4.18. The summed E-state index contributed by atoms with van der Waals surface area (Å²) in [6, 6.07) is 9.98. The van der Waals surface area contributed by atoms with E-state index in [-0.39, 0.29) is 6.04 Å². The molecule has 1 aromatic heterocycles. The fourth-order valence-electron chi connectivity index (χ4n) is 2.47. The van der Waals surface area contributed by atoms with E-state index in [2.05, 4.69) is 29.4 Å². The summed E-state index contributed by atoms with van der Waals surface area (Å²) in [6.07, 6.45) is 1.05. The van der Waals surface area contributed by atoms with Gasteiger partial charge in [-0.2, -0.15) is 0 Å². The second kappa shape index (κ2) is 7.26. The van der Waals surface area contributed by atoms with Crippen LogP contribution in [0.25, 0.3) is 0 Å². The minimum absolute atomic E-state index is 0.0246. The number of nitrogens with zero attached hydrogens (tertiary/aromatic N) is 1. The standard InChI is InChI=1S/C17H20Cl2N2/c1-4-8-20-17(13-9-11(2)21-12(3)10-13)14-6-5-7-15(18)16(14)19/h5-7,9-10,17,20H,4,8H2,1-3H3. The molecule has 0 aliphatic heterocycles. The molecule has 0 radical (unpaired) electrons. The minimum atomic E-state index is 0.0246.